The van der Waals surface area contributed by atoms with Crippen molar-refractivity contribution in [1.82, 2.24) is 4.98 Å². The number of allylic oxidation sites excluding steroid dienone is 2. The summed E-state index contributed by atoms with van der Waals surface area (Å²) in [4.78, 5) is 18.5. The second-order valence-corrected chi connectivity index (χ2v) is 6.38. The van der Waals surface area contributed by atoms with Gasteiger partial charge in [-0.2, -0.15) is 5.26 Å². The third-order valence-electron chi connectivity index (χ3n) is 4.71. The Morgan fingerprint density at radius 3 is 2.43 bits per heavy atom. The fourth-order valence-corrected chi connectivity index (χ4v) is 3.37. The van der Waals surface area contributed by atoms with Crippen molar-refractivity contribution < 1.29 is 4.79 Å². The minimum Gasteiger partial charge on any atom is -0.332 e. The van der Waals surface area contributed by atoms with Crippen LogP contribution in [-0.4, -0.2) is 17.3 Å². The van der Waals surface area contributed by atoms with Crippen LogP contribution in [0, 0.1) is 11.3 Å². The first-order valence-electron chi connectivity index (χ1n) is 8.95. The number of hydrogen-bond acceptors (Lipinski definition) is 4. The summed E-state index contributed by atoms with van der Waals surface area (Å²) in [5, 5.41) is 9.56. The third kappa shape index (κ3) is 3.22. The standard InChI is InChI=1S/C24H17N3O/c25-15-19-10-4-5-12-23(19)27-16-20(18-8-2-1-3-9-18)14-21(24(27)17-28)22-11-6-7-13-26-22/h1-14,16-17,24H. The number of aromatic nitrogens is 1. The minimum atomic E-state index is -0.572. The molecule has 4 heteroatoms. The zero-order valence-electron chi connectivity index (χ0n) is 15.1. The fourth-order valence-electron chi connectivity index (χ4n) is 3.37. The second-order valence-electron chi connectivity index (χ2n) is 6.38. The first kappa shape index (κ1) is 17.4. The monoisotopic (exact) mass is 363 g/mol. The van der Waals surface area contributed by atoms with Crippen LogP contribution in [0.5, 0.6) is 0 Å². The van der Waals surface area contributed by atoms with Crippen LogP contribution in [0.3, 0.4) is 0 Å². The fraction of sp³-hybridized carbons (Fsp3) is 0.0417. The molecule has 4 nitrogen and oxygen atoms in total. The van der Waals surface area contributed by atoms with Crippen molar-refractivity contribution in [3.8, 4) is 6.07 Å². The van der Waals surface area contributed by atoms with Crippen LogP contribution >= 0.6 is 0 Å². The van der Waals surface area contributed by atoms with Gasteiger partial charge in [0.1, 0.15) is 18.4 Å². The van der Waals surface area contributed by atoms with Crippen molar-refractivity contribution in [3.63, 3.8) is 0 Å². The van der Waals surface area contributed by atoms with E-state index in [1.165, 1.54) is 0 Å². The van der Waals surface area contributed by atoms with E-state index >= 15 is 0 Å². The van der Waals surface area contributed by atoms with E-state index in [4.69, 9.17) is 0 Å². The zero-order valence-corrected chi connectivity index (χ0v) is 15.1. The lowest BCUT2D eigenvalue weighted by atomic mass is 9.92. The molecule has 0 bridgehead atoms. The van der Waals surface area contributed by atoms with E-state index in [1.54, 1.807) is 12.3 Å². The van der Waals surface area contributed by atoms with Crippen LogP contribution in [0.15, 0.2) is 91.3 Å². The molecule has 0 N–H and O–H groups in total. The molecule has 0 spiro atoms. The van der Waals surface area contributed by atoms with Crippen LogP contribution in [0.2, 0.25) is 0 Å². The normalized spacial score (nSPS) is 16.0. The lowest BCUT2D eigenvalue weighted by Gasteiger charge is -2.33. The molecule has 1 unspecified atom stereocenters. The highest BCUT2D eigenvalue weighted by Gasteiger charge is 2.28. The Kier molecular flexibility index (Phi) is 4.81. The number of para-hydroxylation sites is 1. The number of benzene rings is 2. The van der Waals surface area contributed by atoms with Gasteiger partial charge in [-0.25, -0.2) is 0 Å². The highest BCUT2D eigenvalue weighted by atomic mass is 16.1. The molecule has 2 heterocycles. The van der Waals surface area contributed by atoms with Gasteiger partial charge in [-0.15, -0.1) is 0 Å². The number of anilines is 1. The van der Waals surface area contributed by atoms with Gasteiger partial charge in [-0.3, -0.25) is 4.98 Å². The van der Waals surface area contributed by atoms with E-state index in [1.807, 2.05) is 83.9 Å². The third-order valence-corrected chi connectivity index (χ3v) is 4.71. The molecule has 0 radical (unpaired) electrons. The highest BCUT2D eigenvalue weighted by molar-refractivity contribution is 5.98. The number of hydrogen-bond donors (Lipinski definition) is 0. The second kappa shape index (κ2) is 7.73. The molecule has 134 valence electrons. The average Bonchev–Trinajstić information content (AvgIpc) is 2.79. The minimum absolute atomic E-state index is 0.514. The Bertz CT molecular complexity index is 1100. The summed E-state index contributed by atoms with van der Waals surface area (Å²) in [5.41, 5.74) is 4.72. The molecule has 0 fully saturated rings. The largest absolute Gasteiger partial charge is 0.332 e. The van der Waals surface area contributed by atoms with Crippen molar-refractivity contribution >= 4 is 23.1 Å². The molecule has 0 amide bonds. The first-order valence-corrected chi connectivity index (χ1v) is 8.95. The quantitative estimate of drug-likeness (QED) is 0.642. The van der Waals surface area contributed by atoms with Gasteiger partial charge < -0.3 is 9.69 Å². The van der Waals surface area contributed by atoms with Gasteiger partial charge in [0.05, 0.1) is 16.9 Å². The number of nitrogens with zero attached hydrogens (tertiary/aromatic N) is 3. The van der Waals surface area contributed by atoms with E-state index in [0.717, 1.165) is 28.7 Å². The lowest BCUT2D eigenvalue weighted by Crippen LogP contribution is -2.36. The van der Waals surface area contributed by atoms with Crippen molar-refractivity contribution in [3.05, 3.63) is 108 Å². The summed E-state index contributed by atoms with van der Waals surface area (Å²) in [7, 11) is 0. The predicted octanol–water partition coefficient (Wildman–Crippen LogP) is 4.47. The van der Waals surface area contributed by atoms with E-state index in [0.29, 0.717) is 11.3 Å². The Morgan fingerprint density at radius 1 is 0.964 bits per heavy atom. The van der Waals surface area contributed by atoms with Crippen LogP contribution in [0.1, 0.15) is 16.8 Å². The average molecular weight is 363 g/mol. The molecular weight excluding hydrogens is 346 g/mol. The predicted molar refractivity (Wildman–Crippen MR) is 110 cm³/mol. The van der Waals surface area contributed by atoms with E-state index in [2.05, 4.69) is 11.1 Å². The summed E-state index contributed by atoms with van der Waals surface area (Å²) < 4.78 is 0. The molecule has 4 rings (SSSR count). The SMILES string of the molecule is N#Cc1ccccc1N1C=C(c2ccccc2)C=C(c2ccccn2)C1C=O. The van der Waals surface area contributed by atoms with Crippen molar-refractivity contribution in [1.29, 1.82) is 5.26 Å². The molecule has 3 aromatic rings. The maximum Gasteiger partial charge on any atom is 0.147 e. The van der Waals surface area contributed by atoms with Gasteiger partial charge in [0.2, 0.25) is 0 Å². The van der Waals surface area contributed by atoms with E-state index < -0.39 is 6.04 Å². The maximum atomic E-state index is 12.1. The Balaban J connectivity index is 1.92. The van der Waals surface area contributed by atoms with E-state index in [9.17, 15) is 10.1 Å². The van der Waals surface area contributed by atoms with Crippen LogP contribution < -0.4 is 4.90 Å². The topological polar surface area (TPSA) is 57.0 Å². The molecule has 0 saturated carbocycles. The summed E-state index contributed by atoms with van der Waals surface area (Å²) in [6, 6.07) is 24.6. The van der Waals surface area contributed by atoms with Crippen LogP contribution in [0.25, 0.3) is 11.1 Å². The smallest absolute Gasteiger partial charge is 0.147 e. The van der Waals surface area contributed by atoms with E-state index in [-0.39, 0.29) is 0 Å². The maximum absolute atomic E-state index is 12.1. The Labute approximate surface area is 163 Å². The van der Waals surface area contributed by atoms with Gasteiger partial charge in [-0.05, 0) is 41.5 Å². The van der Waals surface area contributed by atoms with Crippen molar-refractivity contribution in [2.45, 2.75) is 6.04 Å². The van der Waals surface area contributed by atoms with Crippen molar-refractivity contribution in [2.75, 3.05) is 4.90 Å². The van der Waals surface area contributed by atoms with Crippen LogP contribution in [0.4, 0.5) is 5.69 Å². The molecule has 1 aliphatic heterocycles. The molecule has 0 saturated heterocycles. The summed E-state index contributed by atoms with van der Waals surface area (Å²) in [6.45, 7) is 0. The summed E-state index contributed by atoms with van der Waals surface area (Å²) >= 11 is 0. The molecule has 28 heavy (non-hydrogen) atoms. The van der Waals surface area contributed by atoms with Gasteiger partial charge in [0.15, 0.2) is 0 Å². The number of rotatable bonds is 4. The zero-order chi connectivity index (χ0) is 19.3. The molecule has 0 aliphatic carbocycles. The van der Waals surface area contributed by atoms with Gasteiger partial charge >= 0.3 is 0 Å². The number of pyridine rings is 1. The van der Waals surface area contributed by atoms with Crippen LogP contribution in [-0.2, 0) is 4.79 Å². The van der Waals surface area contributed by atoms with Gasteiger partial charge in [-0.1, -0.05) is 48.5 Å². The molecule has 2 aromatic carbocycles. The Morgan fingerprint density at radius 2 is 1.71 bits per heavy atom. The number of carbonyl (C=O) groups excluding carboxylic acids is 1. The molecule has 1 aromatic heterocycles. The molecular formula is C24H17N3O. The molecule has 1 aliphatic rings. The lowest BCUT2D eigenvalue weighted by molar-refractivity contribution is -0.107. The highest BCUT2D eigenvalue weighted by Crippen LogP contribution is 2.35. The Hall–Kier alpha value is -3.97. The summed E-state index contributed by atoms with van der Waals surface area (Å²) in [6.07, 6.45) is 6.54. The number of carbonyl (C=O) groups is 1. The number of nitriles is 1. The molecule has 1 atom stereocenters. The summed E-state index contributed by atoms with van der Waals surface area (Å²) in [5.74, 6) is 0. The first-order chi connectivity index (χ1) is 13.8. The van der Waals surface area contributed by atoms with Crippen molar-refractivity contribution in [2.24, 2.45) is 0 Å². The van der Waals surface area contributed by atoms with Gasteiger partial charge in [0.25, 0.3) is 0 Å². The number of aldehydes is 1. The van der Waals surface area contributed by atoms with Gasteiger partial charge in [0, 0.05) is 18.0 Å².